The number of amides is 1. The maximum Gasteiger partial charge on any atom is 0.308 e. The Hall–Kier alpha value is -1.43. The van der Waals surface area contributed by atoms with Gasteiger partial charge in [0.2, 0.25) is 0 Å². The van der Waals surface area contributed by atoms with Gasteiger partial charge in [-0.1, -0.05) is 0 Å². The number of halogens is 1. The molecule has 6 heteroatoms. The normalized spacial score (nSPS) is 25.8. The van der Waals surface area contributed by atoms with Crippen LogP contribution in [-0.4, -0.2) is 40.0 Å². The first-order chi connectivity index (χ1) is 9.58. The zero-order valence-corrected chi connectivity index (χ0v) is 12.4. The van der Waals surface area contributed by atoms with Crippen molar-refractivity contribution in [2.45, 2.75) is 12.8 Å². The van der Waals surface area contributed by atoms with E-state index in [1.165, 1.54) is 0 Å². The summed E-state index contributed by atoms with van der Waals surface area (Å²) in [5.41, 5.74) is 0.542. The van der Waals surface area contributed by atoms with E-state index in [0.717, 1.165) is 12.8 Å². The Morgan fingerprint density at radius 2 is 2.10 bits per heavy atom. The Bertz CT molecular complexity index is 559. The Kier molecular flexibility index (Phi) is 3.50. The fourth-order valence-corrected chi connectivity index (χ4v) is 3.40. The van der Waals surface area contributed by atoms with E-state index in [1.54, 1.807) is 23.4 Å². The van der Waals surface area contributed by atoms with Gasteiger partial charge in [0, 0.05) is 30.0 Å². The Morgan fingerprint density at radius 3 is 2.70 bits per heavy atom. The van der Waals surface area contributed by atoms with Crippen molar-refractivity contribution in [2.24, 2.45) is 17.8 Å². The number of pyridine rings is 1. The first-order valence-corrected chi connectivity index (χ1v) is 7.49. The fourth-order valence-electron chi connectivity index (χ4n) is 2.98. The van der Waals surface area contributed by atoms with Crippen molar-refractivity contribution >= 4 is 27.8 Å². The molecule has 0 bridgehead atoms. The number of hydrogen-bond acceptors (Lipinski definition) is 3. The predicted octanol–water partition coefficient (Wildman–Crippen LogP) is 2.03. The lowest BCUT2D eigenvalue weighted by Gasteiger charge is -2.16. The number of carboxylic acid groups (broad SMARTS) is 1. The number of aromatic nitrogens is 1. The van der Waals surface area contributed by atoms with Crippen LogP contribution in [0.4, 0.5) is 0 Å². The van der Waals surface area contributed by atoms with Gasteiger partial charge in [-0.25, -0.2) is 0 Å². The van der Waals surface area contributed by atoms with Crippen LogP contribution in [0.15, 0.2) is 22.9 Å². The Morgan fingerprint density at radius 1 is 1.35 bits per heavy atom. The number of likely N-dealkylation sites (tertiary alicyclic amines) is 1. The monoisotopic (exact) mass is 338 g/mol. The van der Waals surface area contributed by atoms with Crippen LogP contribution >= 0.6 is 15.9 Å². The summed E-state index contributed by atoms with van der Waals surface area (Å²) >= 11 is 3.32. The van der Waals surface area contributed by atoms with Gasteiger partial charge in [-0.15, -0.1) is 0 Å². The summed E-state index contributed by atoms with van der Waals surface area (Å²) in [6.45, 7) is 0.860. The molecule has 2 fully saturated rings. The van der Waals surface area contributed by atoms with Crippen molar-refractivity contribution in [3.05, 3.63) is 28.5 Å². The van der Waals surface area contributed by atoms with E-state index in [1.807, 2.05) is 0 Å². The van der Waals surface area contributed by atoms with E-state index in [9.17, 15) is 14.7 Å². The topological polar surface area (TPSA) is 70.5 Å². The lowest BCUT2D eigenvalue weighted by Crippen LogP contribution is -2.30. The molecule has 1 aliphatic heterocycles. The molecule has 106 valence electrons. The van der Waals surface area contributed by atoms with Gasteiger partial charge in [0.05, 0.1) is 11.5 Å². The van der Waals surface area contributed by atoms with E-state index in [0.29, 0.717) is 29.0 Å². The van der Waals surface area contributed by atoms with E-state index in [-0.39, 0.29) is 11.8 Å². The lowest BCUT2D eigenvalue weighted by atomic mass is 9.92. The molecule has 1 N–H and O–H groups in total. The third-order valence-electron chi connectivity index (χ3n) is 4.20. The van der Waals surface area contributed by atoms with Crippen molar-refractivity contribution in [1.82, 2.24) is 9.88 Å². The second-order valence-electron chi connectivity index (χ2n) is 5.51. The number of carbonyl (C=O) groups excluding carboxylic acids is 1. The first-order valence-electron chi connectivity index (χ1n) is 6.69. The third-order valence-corrected chi connectivity index (χ3v) is 4.83. The van der Waals surface area contributed by atoms with Crippen LogP contribution in [0.2, 0.25) is 0 Å². The SMILES string of the molecule is O=C(O)[C@H]1CN(C(=O)c2ccncc2Br)C[C@@H]1C1CC1. The smallest absolute Gasteiger partial charge is 0.308 e. The summed E-state index contributed by atoms with van der Waals surface area (Å²) in [7, 11) is 0. The van der Waals surface area contributed by atoms with Gasteiger partial charge in [-0.3, -0.25) is 14.6 Å². The highest BCUT2D eigenvalue weighted by Gasteiger charge is 2.47. The van der Waals surface area contributed by atoms with E-state index in [2.05, 4.69) is 20.9 Å². The number of hydrogen-bond donors (Lipinski definition) is 1. The predicted molar refractivity (Wildman–Crippen MR) is 75.2 cm³/mol. The van der Waals surface area contributed by atoms with Crippen LogP contribution in [0, 0.1) is 17.8 Å². The van der Waals surface area contributed by atoms with Crippen molar-refractivity contribution in [3.63, 3.8) is 0 Å². The third kappa shape index (κ3) is 2.44. The van der Waals surface area contributed by atoms with Crippen LogP contribution in [0.5, 0.6) is 0 Å². The zero-order chi connectivity index (χ0) is 14.3. The van der Waals surface area contributed by atoms with Crippen LogP contribution < -0.4 is 0 Å². The highest BCUT2D eigenvalue weighted by molar-refractivity contribution is 9.10. The molecule has 0 aromatic carbocycles. The largest absolute Gasteiger partial charge is 0.481 e. The van der Waals surface area contributed by atoms with E-state index in [4.69, 9.17) is 0 Å². The van der Waals surface area contributed by atoms with Crippen LogP contribution in [0.1, 0.15) is 23.2 Å². The van der Waals surface area contributed by atoms with Gasteiger partial charge in [-0.05, 0) is 46.7 Å². The minimum atomic E-state index is -0.786. The number of aliphatic carboxylic acids is 1. The molecule has 1 saturated heterocycles. The number of carbonyl (C=O) groups is 2. The number of carboxylic acids is 1. The highest BCUT2D eigenvalue weighted by atomic mass is 79.9. The molecule has 0 unspecified atom stereocenters. The first kappa shape index (κ1) is 13.5. The molecule has 1 aliphatic carbocycles. The lowest BCUT2D eigenvalue weighted by molar-refractivity contribution is -0.142. The van der Waals surface area contributed by atoms with E-state index < -0.39 is 11.9 Å². The summed E-state index contributed by atoms with van der Waals surface area (Å²) in [5.74, 6) is -0.737. The summed E-state index contributed by atoms with van der Waals surface area (Å²) in [6.07, 6.45) is 5.34. The maximum absolute atomic E-state index is 12.5. The van der Waals surface area contributed by atoms with Crippen molar-refractivity contribution < 1.29 is 14.7 Å². The standard InChI is InChI=1S/C14H15BrN2O3/c15-12-5-16-4-3-9(12)13(18)17-6-10(8-1-2-8)11(7-17)14(19)20/h3-5,8,10-11H,1-2,6-7H2,(H,19,20)/t10-,11+/m1/s1. The molecule has 0 radical (unpaired) electrons. The highest BCUT2D eigenvalue weighted by Crippen LogP contribution is 2.44. The van der Waals surface area contributed by atoms with Gasteiger partial charge < -0.3 is 10.0 Å². The molecular weight excluding hydrogens is 324 g/mol. The van der Waals surface area contributed by atoms with Crippen molar-refractivity contribution in [2.75, 3.05) is 13.1 Å². The number of nitrogens with zero attached hydrogens (tertiary/aromatic N) is 2. The minimum absolute atomic E-state index is 0.108. The molecule has 1 aromatic rings. The second-order valence-corrected chi connectivity index (χ2v) is 6.37. The summed E-state index contributed by atoms with van der Waals surface area (Å²) in [6, 6.07) is 1.66. The quantitative estimate of drug-likeness (QED) is 0.915. The van der Waals surface area contributed by atoms with E-state index >= 15 is 0 Å². The summed E-state index contributed by atoms with van der Waals surface area (Å²) < 4.78 is 0.645. The average Bonchev–Trinajstić information content (AvgIpc) is 3.17. The Labute approximate surface area is 125 Å². The van der Waals surface area contributed by atoms with Gasteiger partial charge >= 0.3 is 5.97 Å². The van der Waals surface area contributed by atoms with Crippen LogP contribution in [-0.2, 0) is 4.79 Å². The molecule has 1 aromatic heterocycles. The molecule has 2 aliphatic rings. The molecule has 2 atom stereocenters. The molecule has 0 spiro atoms. The number of rotatable bonds is 3. The summed E-state index contributed by atoms with van der Waals surface area (Å²) in [4.78, 5) is 29.5. The van der Waals surface area contributed by atoms with Crippen molar-refractivity contribution in [3.8, 4) is 0 Å². The van der Waals surface area contributed by atoms with Crippen molar-refractivity contribution in [1.29, 1.82) is 0 Å². The minimum Gasteiger partial charge on any atom is -0.481 e. The van der Waals surface area contributed by atoms with Crippen LogP contribution in [0.3, 0.4) is 0 Å². The van der Waals surface area contributed by atoms with Gasteiger partial charge in [-0.2, -0.15) is 0 Å². The van der Waals surface area contributed by atoms with Gasteiger partial charge in [0.25, 0.3) is 5.91 Å². The molecule has 1 amide bonds. The molecule has 5 nitrogen and oxygen atoms in total. The second kappa shape index (κ2) is 5.16. The fraction of sp³-hybridized carbons (Fsp3) is 0.500. The Balaban J connectivity index is 1.80. The van der Waals surface area contributed by atoms with Crippen LogP contribution in [0.25, 0.3) is 0 Å². The average molecular weight is 339 g/mol. The maximum atomic E-state index is 12.5. The zero-order valence-electron chi connectivity index (χ0n) is 10.8. The molecule has 1 saturated carbocycles. The molecule has 20 heavy (non-hydrogen) atoms. The molecule has 3 rings (SSSR count). The molecular formula is C14H15BrN2O3. The summed E-state index contributed by atoms with van der Waals surface area (Å²) in [5, 5.41) is 9.33. The molecule has 2 heterocycles. The van der Waals surface area contributed by atoms with Gasteiger partial charge in [0.1, 0.15) is 0 Å². The van der Waals surface area contributed by atoms with Gasteiger partial charge in [0.15, 0.2) is 0 Å².